The fourth-order valence-corrected chi connectivity index (χ4v) is 3.11. The molecule has 0 aliphatic heterocycles. The van der Waals surface area contributed by atoms with Crippen molar-refractivity contribution in [3.8, 4) is 0 Å². The van der Waals surface area contributed by atoms with Gasteiger partial charge < -0.3 is 10.6 Å². The summed E-state index contributed by atoms with van der Waals surface area (Å²) in [6.07, 6.45) is 0.963. The molecule has 0 radical (unpaired) electrons. The van der Waals surface area contributed by atoms with Crippen molar-refractivity contribution in [2.75, 3.05) is 6.54 Å². The van der Waals surface area contributed by atoms with E-state index < -0.39 is 0 Å². The summed E-state index contributed by atoms with van der Waals surface area (Å²) in [7, 11) is 0. The summed E-state index contributed by atoms with van der Waals surface area (Å²) < 4.78 is 0. The largest absolute Gasteiger partial charge is 0.351 e. The summed E-state index contributed by atoms with van der Waals surface area (Å²) in [6, 6.07) is 14.5. The van der Waals surface area contributed by atoms with E-state index in [9.17, 15) is 4.79 Å². The Balaban J connectivity index is 1.66. The third-order valence-corrected chi connectivity index (χ3v) is 4.27. The van der Waals surface area contributed by atoms with Gasteiger partial charge in [-0.25, -0.2) is 0 Å². The Labute approximate surface area is 130 Å². The molecule has 0 saturated heterocycles. The van der Waals surface area contributed by atoms with Gasteiger partial charge in [-0.05, 0) is 38.0 Å². The van der Waals surface area contributed by atoms with Gasteiger partial charge >= 0.3 is 0 Å². The Morgan fingerprint density at radius 3 is 2.62 bits per heavy atom. The molecule has 1 atom stereocenters. The molecular formula is C17H22N2OS. The molecule has 1 amide bonds. The van der Waals surface area contributed by atoms with Crippen LogP contribution in [0.3, 0.4) is 0 Å². The van der Waals surface area contributed by atoms with Gasteiger partial charge in [0.15, 0.2) is 0 Å². The highest BCUT2D eigenvalue weighted by Crippen LogP contribution is 2.16. The fourth-order valence-electron chi connectivity index (χ4n) is 2.09. The summed E-state index contributed by atoms with van der Waals surface area (Å²) in [5, 5.41) is 6.19. The number of hydrogen-bond donors (Lipinski definition) is 2. The van der Waals surface area contributed by atoms with Crippen LogP contribution in [0, 0.1) is 6.92 Å². The Morgan fingerprint density at radius 1 is 1.19 bits per heavy atom. The molecule has 21 heavy (non-hydrogen) atoms. The van der Waals surface area contributed by atoms with Crippen molar-refractivity contribution in [3.63, 3.8) is 0 Å². The molecule has 1 unspecified atom stereocenters. The molecule has 0 fully saturated rings. The van der Waals surface area contributed by atoms with Gasteiger partial charge in [-0.3, -0.25) is 4.79 Å². The second-order valence-electron chi connectivity index (χ2n) is 5.26. The highest BCUT2D eigenvalue weighted by molar-refractivity contribution is 7.11. The smallest absolute Gasteiger partial charge is 0.234 e. The number of amides is 1. The molecule has 2 aromatic rings. The van der Waals surface area contributed by atoms with Crippen molar-refractivity contribution < 1.29 is 4.79 Å². The van der Waals surface area contributed by atoms with Crippen LogP contribution in [-0.2, 0) is 17.8 Å². The first kappa shape index (κ1) is 15.7. The number of nitrogens with one attached hydrogen (secondary N) is 2. The van der Waals surface area contributed by atoms with Crippen molar-refractivity contribution in [1.82, 2.24) is 10.6 Å². The third kappa shape index (κ3) is 5.69. The van der Waals surface area contributed by atoms with Crippen LogP contribution in [0.4, 0.5) is 0 Å². The molecule has 0 aliphatic rings. The van der Waals surface area contributed by atoms with Gasteiger partial charge in [0.2, 0.25) is 5.91 Å². The van der Waals surface area contributed by atoms with Crippen LogP contribution < -0.4 is 10.6 Å². The molecule has 2 N–H and O–H groups in total. The maximum Gasteiger partial charge on any atom is 0.234 e. The van der Waals surface area contributed by atoms with E-state index in [0.29, 0.717) is 19.1 Å². The maximum atomic E-state index is 11.8. The molecule has 4 heteroatoms. The molecule has 3 nitrogen and oxygen atoms in total. The fraction of sp³-hybridized carbons (Fsp3) is 0.353. The molecular weight excluding hydrogens is 280 g/mol. The number of carbonyl (C=O) groups is 1. The summed E-state index contributed by atoms with van der Waals surface area (Å²) >= 11 is 1.82. The van der Waals surface area contributed by atoms with Crippen LogP contribution in [0.15, 0.2) is 42.5 Å². The average Bonchev–Trinajstić information content (AvgIpc) is 2.89. The molecule has 112 valence electrons. The molecule has 1 aromatic heterocycles. The Kier molecular flexibility index (Phi) is 5.96. The number of rotatable bonds is 7. The molecule has 0 saturated carbocycles. The summed E-state index contributed by atoms with van der Waals surface area (Å²) in [6.45, 7) is 5.17. The minimum atomic E-state index is 0.0352. The van der Waals surface area contributed by atoms with Crippen LogP contribution >= 0.6 is 11.3 Å². The second kappa shape index (κ2) is 7.96. The van der Waals surface area contributed by atoms with Crippen molar-refractivity contribution >= 4 is 17.2 Å². The summed E-state index contributed by atoms with van der Waals surface area (Å²) in [5.74, 6) is 0.0352. The Hall–Kier alpha value is -1.65. The zero-order valence-corrected chi connectivity index (χ0v) is 13.4. The van der Waals surface area contributed by atoms with Gasteiger partial charge in [-0.2, -0.15) is 0 Å². The normalized spacial score (nSPS) is 12.1. The van der Waals surface area contributed by atoms with Crippen molar-refractivity contribution in [2.24, 2.45) is 0 Å². The first-order valence-corrected chi connectivity index (χ1v) is 8.04. The predicted octanol–water partition coefficient (Wildman–Crippen LogP) is 2.89. The lowest BCUT2D eigenvalue weighted by Gasteiger charge is -2.13. The van der Waals surface area contributed by atoms with Gasteiger partial charge in [0.05, 0.1) is 6.54 Å². The zero-order valence-electron chi connectivity index (χ0n) is 12.6. The van der Waals surface area contributed by atoms with Gasteiger partial charge in [0.1, 0.15) is 0 Å². The summed E-state index contributed by atoms with van der Waals surface area (Å²) in [4.78, 5) is 14.5. The highest BCUT2D eigenvalue weighted by Gasteiger charge is 2.07. The van der Waals surface area contributed by atoms with Crippen LogP contribution in [0.2, 0.25) is 0 Å². The van der Waals surface area contributed by atoms with E-state index >= 15 is 0 Å². The number of aryl methyl sites for hydroxylation is 1. The van der Waals surface area contributed by atoms with Gasteiger partial charge in [0, 0.05) is 22.3 Å². The van der Waals surface area contributed by atoms with E-state index in [2.05, 4.69) is 36.6 Å². The summed E-state index contributed by atoms with van der Waals surface area (Å²) in [5.41, 5.74) is 1.12. The molecule has 2 rings (SSSR count). The minimum Gasteiger partial charge on any atom is -0.351 e. The van der Waals surface area contributed by atoms with E-state index in [4.69, 9.17) is 0 Å². The quantitative estimate of drug-likeness (QED) is 0.826. The monoisotopic (exact) mass is 302 g/mol. The van der Waals surface area contributed by atoms with Gasteiger partial charge in [0.25, 0.3) is 0 Å². The molecule has 1 aromatic carbocycles. The van der Waals surface area contributed by atoms with E-state index in [-0.39, 0.29) is 5.91 Å². The third-order valence-electron chi connectivity index (χ3n) is 3.25. The van der Waals surface area contributed by atoms with Crippen LogP contribution in [0.1, 0.15) is 22.2 Å². The van der Waals surface area contributed by atoms with Crippen molar-refractivity contribution in [1.29, 1.82) is 0 Å². The minimum absolute atomic E-state index is 0.0352. The number of thiophene rings is 1. The zero-order chi connectivity index (χ0) is 15.1. The Morgan fingerprint density at radius 2 is 1.95 bits per heavy atom. The standard InChI is InChI=1S/C17H22N2OS/c1-13(10-16-9-8-14(2)21-16)18-12-17(20)19-11-15-6-4-3-5-7-15/h3-9,13,18H,10-12H2,1-2H3,(H,19,20). The van der Waals surface area contributed by atoms with Crippen LogP contribution in [0.25, 0.3) is 0 Å². The molecule has 0 bridgehead atoms. The number of benzene rings is 1. The number of carbonyl (C=O) groups excluding carboxylic acids is 1. The predicted molar refractivity (Wildman–Crippen MR) is 88.5 cm³/mol. The van der Waals surface area contributed by atoms with E-state index in [1.54, 1.807) is 0 Å². The molecule has 1 heterocycles. The lowest BCUT2D eigenvalue weighted by molar-refractivity contribution is -0.120. The lowest BCUT2D eigenvalue weighted by atomic mass is 10.2. The average molecular weight is 302 g/mol. The van der Waals surface area contributed by atoms with Gasteiger partial charge in [-0.15, -0.1) is 11.3 Å². The highest BCUT2D eigenvalue weighted by atomic mass is 32.1. The second-order valence-corrected chi connectivity index (χ2v) is 6.63. The van der Waals surface area contributed by atoms with Crippen molar-refractivity contribution in [2.45, 2.75) is 32.9 Å². The van der Waals surface area contributed by atoms with Gasteiger partial charge in [-0.1, -0.05) is 30.3 Å². The van der Waals surface area contributed by atoms with E-state index in [1.807, 2.05) is 41.7 Å². The van der Waals surface area contributed by atoms with Crippen LogP contribution in [0.5, 0.6) is 0 Å². The van der Waals surface area contributed by atoms with Crippen LogP contribution in [-0.4, -0.2) is 18.5 Å². The Bertz CT molecular complexity index is 565. The molecule has 0 spiro atoms. The lowest BCUT2D eigenvalue weighted by Crippen LogP contribution is -2.38. The maximum absolute atomic E-state index is 11.8. The van der Waals surface area contributed by atoms with Crippen molar-refractivity contribution in [3.05, 3.63) is 57.8 Å². The SMILES string of the molecule is Cc1ccc(CC(C)NCC(=O)NCc2ccccc2)s1. The first-order chi connectivity index (χ1) is 10.1. The topological polar surface area (TPSA) is 41.1 Å². The number of hydrogen-bond acceptors (Lipinski definition) is 3. The molecule has 0 aliphatic carbocycles. The first-order valence-electron chi connectivity index (χ1n) is 7.23. The van der Waals surface area contributed by atoms with E-state index in [1.165, 1.54) is 9.75 Å². The van der Waals surface area contributed by atoms with E-state index in [0.717, 1.165) is 12.0 Å².